The molecule has 3 aliphatic heterocycles. The van der Waals surface area contributed by atoms with Gasteiger partial charge in [0, 0.05) is 45.8 Å². The van der Waals surface area contributed by atoms with Crippen LogP contribution in [0.3, 0.4) is 0 Å². The van der Waals surface area contributed by atoms with Crippen molar-refractivity contribution in [3.63, 3.8) is 0 Å². The van der Waals surface area contributed by atoms with E-state index >= 15 is 0 Å². The molecule has 25 heavy (non-hydrogen) atoms. The van der Waals surface area contributed by atoms with Gasteiger partial charge >= 0.3 is 0 Å². The van der Waals surface area contributed by atoms with Gasteiger partial charge in [-0.15, -0.1) is 0 Å². The first kappa shape index (κ1) is 19.5. The fraction of sp³-hybridized carbons (Fsp3) is 1.00. The third kappa shape index (κ3) is 5.14. The summed E-state index contributed by atoms with van der Waals surface area (Å²) in [5, 5.41) is -0.262. The van der Waals surface area contributed by atoms with Gasteiger partial charge in [-0.05, 0) is 33.2 Å². The van der Waals surface area contributed by atoms with Crippen molar-refractivity contribution in [1.82, 2.24) is 14.1 Å². The van der Waals surface area contributed by atoms with Gasteiger partial charge in [0.05, 0.1) is 30.7 Å². The standard InChI is InChI=1S/C17H33N3O4S/c1-15-12-19(13-16(2)24-15)7-6-18-5-3-4-17(14-18)25(21,22)20-8-10-23-11-9-20/h15-17H,3-14H2,1-2H3. The minimum atomic E-state index is -3.20. The lowest BCUT2D eigenvalue weighted by molar-refractivity contribution is -0.0695. The van der Waals surface area contributed by atoms with Gasteiger partial charge in [0.2, 0.25) is 10.0 Å². The van der Waals surface area contributed by atoms with E-state index in [-0.39, 0.29) is 17.5 Å². The van der Waals surface area contributed by atoms with E-state index in [4.69, 9.17) is 9.47 Å². The average Bonchev–Trinajstić information content (AvgIpc) is 2.60. The van der Waals surface area contributed by atoms with Gasteiger partial charge in [-0.3, -0.25) is 4.90 Å². The molecule has 0 aromatic rings. The zero-order valence-electron chi connectivity index (χ0n) is 15.6. The Bertz CT molecular complexity index is 514. The molecule has 0 radical (unpaired) electrons. The van der Waals surface area contributed by atoms with E-state index in [9.17, 15) is 8.42 Å². The predicted molar refractivity (Wildman–Crippen MR) is 97.2 cm³/mol. The van der Waals surface area contributed by atoms with Crippen molar-refractivity contribution in [2.45, 2.75) is 44.1 Å². The van der Waals surface area contributed by atoms with E-state index < -0.39 is 10.0 Å². The molecule has 3 rings (SSSR count). The van der Waals surface area contributed by atoms with Crippen LogP contribution in [0, 0.1) is 0 Å². The monoisotopic (exact) mass is 375 g/mol. The number of hydrogen-bond donors (Lipinski definition) is 0. The maximum atomic E-state index is 12.9. The highest BCUT2D eigenvalue weighted by Crippen LogP contribution is 2.21. The van der Waals surface area contributed by atoms with Gasteiger partial charge in [0.25, 0.3) is 0 Å². The van der Waals surface area contributed by atoms with Crippen molar-refractivity contribution in [2.24, 2.45) is 0 Å². The van der Waals surface area contributed by atoms with Crippen molar-refractivity contribution in [2.75, 3.05) is 65.6 Å². The van der Waals surface area contributed by atoms with Crippen molar-refractivity contribution < 1.29 is 17.9 Å². The van der Waals surface area contributed by atoms with E-state index in [1.54, 1.807) is 4.31 Å². The third-order valence-electron chi connectivity index (χ3n) is 5.44. The first-order chi connectivity index (χ1) is 11.9. The third-order valence-corrected chi connectivity index (χ3v) is 7.75. The SMILES string of the molecule is CC1CN(CCN2CCCC(S(=O)(=O)N3CCOCC3)C2)CC(C)O1. The van der Waals surface area contributed by atoms with Crippen LogP contribution >= 0.6 is 0 Å². The van der Waals surface area contributed by atoms with Crippen molar-refractivity contribution in [1.29, 1.82) is 0 Å². The molecule has 3 heterocycles. The highest BCUT2D eigenvalue weighted by atomic mass is 32.2. The minimum Gasteiger partial charge on any atom is -0.379 e. The average molecular weight is 376 g/mol. The van der Waals surface area contributed by atoms with Crippen LogP contribution in [0.5, 0.6) is 0 Å². The summed E-state index contributed by atoms with van der Waals surface area (Å²) in [6.45, 7) is 11.8. The summed E-state index contributed by atoms with van der Waals surface area (Å²) in [5.74, 6) is 0. The maximum Gasteiger partial charge on any atom is 0.218 e. The summed E-state index contributed by atoms with van der Waals surface area (Å²) in [4.78, 5) is 4.77. The Morgan fingerprint density at radius 1 is 0.920 bits per heavy atom. The summed E-state index contributed by atoms with van der Waals surface area (Å²) >= 11 is 0. The first-order valence-electron chi connectivity index (χ1n) is 9.62. The van der Waals surface area contributed by atoms with Crippen LogP contribution in [0.25, 0.3) is 0 Å². The molecule has 0 aromatic heterocycles. The second-order valence-electron chi connectivity index (χ2n) is 7.64. The van der Waals surface area contributed by atoms with Crippen LogP contribution in [0.15, 0.2) is 0 Å². The summed E-state index contributed by atoms with van der Waals surface area (Å²) < 4.78 is 38.5. The summed E-state index contributed by atoms with van der Waals surface area (Å²) in [5.41, 5.74) is 0. The number of rotatable bonds is 5. The largest absolute Gasteiger partial charge is 0.379 e. The van der Waals surface area contributed by atoms with Gasteiger partial charge < -0.3 is 14.4 Å². The van der Waals surface area contributed by atoms with Crippen LogP contribution in [-0.2, 0) is 19.5 Å². The molecule has 3 unspecified atom stereocenters. The molecular formula is C17H33N3O4S. The maximum absolute atomic E-state index is 12.9. The number of hydrogen-bond acceptors (Lipinski definition) is 6. The van der Waals surface area contributed by atoms with Gasteiger partial charge in [-0.2, -0.15) is 4.31 Å². The molecular weight excluding hydrogens is 342 g/mol. The van der Waals surface area contributed by atoms with Crippen LogP contribution in [0.4, 0.5) is 0 Å². The minimum absolute atomic E-state index is 0.262. The molecule has 0 amide bonds. The molecule has 7 nitrogen and oxygen atoms in total. The summed E-state index contributed by atoms with van der Waals surface area (Å²) in [6.07, 6.45) is 2.30. The second-order valence-corrected chi connectivity index (χ2v) is 9.85. The number of sulfonamides is 1. The molecule has 0 aromatic carbocycles. The Morgan fingerprint density at radius 3 is 2.24 bits per heavy atom. The molecule has 146 valence electrons. The lowest BCUT2D eigenvalue weighted by Crippen LogP contribution is -2.52. The lowest BCUT2D eigenvalue weighted by atomic mass is 10.1. The zero-order valence-corrected chi connectivity index (χ0v) is 16.4. The second kappa shape index (κ2) is 8.63. The van der Waals surface area contributed by atoms with Crippen molar-refractivity contribution in [3.8, 4) is 0 Å². The summed E-state index contributed by atoms with van der Waals surface area (Å²) in [7, 11) is -3.20. The Hall–Kier alpha value is -0.250. The van der Waals surface area contributed by atoms with Crippen molar-refractivity contribution >= 4 is 10.0 Å². The Kier molecular flexibility index (Phi) is 6.73. The van der Waals surface area contributed by atoms with Crippen LogP contribution in [0.1, 0.15) is 26.7 Å². The summed E-state index contributed by atoms with van der Waals surface area (Å²) in [6, 6.07) is 0. The highest BCUT2D eigenvalue weighted by molar-refractivity contribution is 7.89. The first-order valence-corrected chi connectivity index (χ1v) is 11.1. The van der Waals surface area contributed by atoms with Gasteiger partial charge in [-0.1, -0.05) is 0 Å². The Morgan fingerprint density at radius 2 is 1.56 bits per heavy atom. The fourth-order valence-electron chi connectivity index (χ4n) is 4.22. The van der Waals surface area contributed by atoms with Crippen molar-refractivity contribution in [3.05, 3.63) is 0 Å². The Labute approximate surface area is 152 Å². The van der Waals surface area contributed by atoms with Crippen LogP contribution in [-0.4, -0.2) is 106 Å². The van der Waals surface area contributed by atoms with Gasteiger partial charge in [-0.25, -0.2) is 8.42 Å². The molecule has 0 spiro atoms. The number of likely N-dealkylation sites (tertiary alicyclic amines) is 1. The number of piperidine rings is 1. The number of morpholine rings is 2. The molecule has 3 fully saturated rings. The fourth-order valence-corrected chi connectivity index (χ4v) is 6.16. The topological polar surface area (TPSA) is 62.3 Å². The number of ether oxygens (including phenoxy) is 2. The molecule has 3 aliphatic rings. The molecule has 8 heteroatoms. The number of nitrogens with zero attached hydrogens (tertiary/aromatic N) is 3. The molecule has 0 aliphatic carbocycles. The predicted octanol–water partition coefficient (Wildman–Crippen LogP) is 0.222. The Balaban J connectivity index is 1.50. The van der Waals surface area contributed by atoms with E-state index in [0.29, 0.717) is 32.8 Å². The normalized spacial score (nSPS) is 34.2. The quantitative estimate of drug-likeness (QED) is 0.685. The van der Waals surface area contributed by atoms with Gasteiger partial charge in [0.1, 0.15) is 0 Å². The van der Waals surface area contributed by atoms with E-state index in [0.717, 1.165) is 45.6 Å². The molecule has 0 saturated carbocycles. The molecule has 3 saturated heterocycles. The highest BCUT2D eigenvalue weighted by Gasteiger charge is 2.36. The molecule has 0 bridgehead atoms. The van der Waals surface area contributed by atoms with E-state index in [1.165, 1.54) is 0 Å². The van der Waals surface area contributed by atoms with E-state index in [1.807, 2.05) is 0 Å². The van der Waals surface area contributed by atoms with Gasteiger partial charge in [0.15, 0.2) is 0 Å². The van der Waals surface area contributed by atoms with Crippen LogP contribution in [0.2, 0.25) is 0 Å². The molecule has 3 atom stereocenters. The van der Waals surface area contributed by atoms with E-state index in [2.05, 4.69) is 23.6 Å². The lowest BCUT2D eigenvalue weighted by Gasteiger charge is -2.39. The molecule has 0 N–H and O–H groups in total. The smallest absolute Gasteiger partial charge is 0.218 e. The zero-order chi connectivity index (χ0) is 17.9. The van der Waals surface area contributed by atoms with Crippen LogP contribution < -0.4 is 0 Å².